The molecule has 1 saturated heterocycles. The zero-order valence-corrected chi connectivity index (χ0v) is 14.0. The Morgan fingerprint density at radius 1 is 1.50 bits per heavy atom. The summed E-state index contributed by atoms with van der Waals surface area (Å²) in [7, 11) is 2.04. The molecule has 7 heteroatoms. The lowest BCUT2D eigenvalue weighted by molar-refractivity contribution is -0.130. The van der Waals surface area contributed by atoms with Gasteiger partial charge in [-0.2, -0.15) is 4.98 Å². The molecule has 22 heavy (non-hydrogen) atoms. The van der Waals surface area contributed by atoms with Gasteiger partial charge in [-0.1, -0.05) is 19.0 Å². The fourth-order valence-corrected chi connectivity index (χ4v) is 2.65. The lowest BCUT2D eigenvalue weighted by Gasteiger charge is -2.23. The number of hydrogen-bond acceptors (Lipinski definition) is 6. The molecular formula is C15H27N5O2. The maximum absolute atomic E-state index is 12.0. The van der Waals surface area contributed by atoms with Crippen LogP contribution in [0.2, 0.25) is 0 Å². The molecule has 0 aromatic carbocycles. The van der Waals surface area contributed by atoms with Crippen molar-refractivity contribution in [3.05, 3.63) is 11.7 Å². The number of aromatic nitrogens is 2. The van der Waals surface area contributed by atoms with Crippen LogP contribution in [-0.2, 0) is 11.3 Å². The molecule has 7 nitrogen and oxygen atoms in total. The van der Waals surface area contributed by atoms with E-state index in [1.807, 2.05) is 32.7 Å². The van der Waals surface area contributed by atoms with Gasteiger partial charge in [-0.05, 0) is 20.4 Å². The molecule has 2 N–H and O–H groups in total. The highest BCUT2D eigenvalue weighted by Crippen LogP contribution is 2.18. The van der Waals surface area contributed by atoms with Crippen LogP contribution in [0.15, 0.2) is 4.52 Å². The second-order valence-corrected chi connectivity index (χ2v) is 6.58. The van der Waals surface area contributed by atoms with Crippen LogP contribution >= 0.6 is 0 Å². The summed E-state index contributed by atoms with van der Waals surface area (Å²) in [5.41, 5.74) is 5.70. The average Bonchev–Trinajstić information content (AvgIpc) is 3.06. The molecule has 0 radical (unpaired) electrons. The minimum atomic E-state index is -0.0851. The number of amides is 1. The van der Waals surface area contributed by atoms with Gasteiger partial charge in [0.25, 0.3) is 0 Å². The minimum absolute atomic E-state index is 0.0851. The van der Waals surface area contributed by atoms with Crippen LogP contribution in [0.4, 0.5) is 0 Å². The summed E-state index contributed by atoms with van der Waals surface area (Å²) in [6, 6.07) is 0.246. The van der Waals surface area contributed by atoms with E-state index in [1.54, 1.807) is 0 Å². The largest absolute Gasteiger partial charge is 0.341 e. The summed E-state index contributed by atoms with van der Waals surface area (Å²) in [4.78, 5) is 20.5. The first-order valence-electron chi connectivity index (χ1n) is 7.93. The van der Waals surface area contributed by atoms with Gasteiger partial charge in [0.1, 0.15) is 0 Å². The SMILES string of the molecule is CC(N)CC(=O)N1CCC(N(C)Cc2noc(C(C)C)n2)C1. The highest BCUT2D eigenvalue weighted by molar-refractivity contribution is 5.77. The van der Waals surface area contributed by atoms with Crippen molar-refractivity contribution in [2.75, 3.05) is 20.1 Å². The van der Waals surface area contributed by atoms with E-state index in [0.29, 0.717) is 30.7 Å². The zero-order chi connectivity index (χ0) is 16.3. The standard InChI is InChI=1S/C15H27N5O2/c1-10(2)15-17-13(18-22-15)9-19(4)12-5-6-20(8-12)14(21)7-11(3)16/h10-12H,5-9,16H2,1-4H3. The number of nitrogens with two attached hydrogens (primary N) is 1. The third-order valence-electron chi connectivity index (χ3n) is 4.00. The molecule has 2 atom stereocenters. The van der Waals surface area contributed by atoms with Gasteiger partial charge in [0.2, 0.25) is 11.8 Å². The van der Waals surface area contributed by atoms with E-state index in [-0.39, 0.29) is 17.9 Å². The van der Waals surface area contributed by atoms with Gasteiger partial charge in [-0.3, -0.25) is 9.69 Å². The van der Waals surface area contributed by atoms with E-state index in [4.69, 9.17) is 10.3 Å². The molecular weight excluding hydrogens is 282 g/mol. The van der Waals surface area contributed by atoms with Crippen molar-refractivity contribution in [1.29, 1.82) is 0 Å². The first kappa shape index (κ1) is 16.9. The topological polar surface area (TPSA) is 88.5 Å². The van der Waals surface area contributed by atoms with Gasteiger partial charge in [0.05, 0.1) is 6.54 Å². The molecule has 1 fully saturated rings. The van der Waals surface area contributed by atoms with Crippen LogP contribution in [-0.4, -0.2) is 58.1 Å². The quantitative estimate of drug-likeness (QED) is 0.842. The van der Waals surface area contributed by atoms with Crippen LogP contribution < -0.4 is 5.73 Å². The number of likely N-dealkylation sites (tertiary alicyclic amines) is 1. The van der Waals surface area contributed by atoms with Crippen molar-refractivity contribution in [2.24, 2.45) is 5.73 Å². The Morgan fingerprint density at radius 3 is 2.82 bits per heavy atom. The average molecular weight is 309 g/mol. The van der Waals surface area contributed by atoms with Gasteiger partial charge in [-0.15, -0.1) is 0 Å². The van der Waals surface area contributed by atoms with E-state index in [1.165, 1.54) is 0 Å². The van der Waals surface area contributed by atoms with E-state index >= 15 is 0 Å². The fraction of sp³-hybridized carbons (Fsp3) is 0.800. The lowest BCUT2D eigenvalue weighted by Crippen LogP contribution is -2.37. The Hall–Kier alpha value is -1.47. The lowest BCUT2D eigenvalue weighted by atomic mass is 10.2. The van der Waals surface area contributed by atoms with Crippen molar-refractivity contribution in [2.45, 2.75) is 58.2 Å². The van der Waals surface area contributed by atoms with Crippen LogP contribution in [0.5, 0.6) is 0 Å². The van der Waals surface area contributed by atoms with Crippen molar-refractivity contribution >= 4 is 5.91 Å². The summed E-state index contributed by atoms with van der Waals surface area (Å²) in [5, 5.41) is 4.02. The molecule has 0 bridgehead atoms. The number of nitrogens with zero attached hydrogens (tertiary/aromatic N) is 4. The van der Waals surface area contributed by atoms with Gasteiger partial charge in [0.15, 0.2) is 5.82 Å². The molecule has 1 aromatic heterocycles. The van der Waals surface area contributed by atoms with Crippen molar-refractivity contribution in [3.8, 4) is 0 Å². The Kier molecular flexibility index (Phi) is 5.52. The number of rotatable bonds is 6. The maximum Gasteiger partial charge on any atom is 0.229 e. The van der Waals surface area contributed by atoms with E-state index in [2.05, 4.69) is 15.0 Å². The normalized spacial score (nSPS) is 20.1. The predicted molar refractivity (Wildman–Crippen MR) is 83.1 cm³/mol. The predicted octanol–water partition coefficient (Wildman–Crippen LogP) is 0.963. The van der Waals surface area contributed by atoms with Crippen molar-refractivity contribution in [3.63, 3.8) is 0 Å². The molecule has 1 aliphatic rings. The molecule has 0 spiro atoms. The minimum Gasteiger partial charge on any atom is -0.341 e. The van der Waals surface area contributed by atoms with Crippen molar-refractivity contribution < 1.29 is 9.32 Å². The van der Waals surface area contributed by atoms with Crippen LogP contribution in [0.25, 0.3) is 0 Å². The highest BCUT2D eigenvalue weighted by Gasteiger charge is 2.29. The van der Waals surface area contributed by atoms with Crippen LogP contribution in [0.3, 0.4) is 0 Å². The second-order valence-electron chi connectivity index (χ2n) is 6.58. The number of carbonyl (C=O) groups is 1. The Balaban J connectivity index is 1.85. The van der Waals surface area contributed by atoms with Crippen LogP contribution in [0, 0.1) is 0 Å². The maximum atomic E-state index is 12.0. The third kappa shape index (κ3) is 4.27. The summed E-state index contributed by atoms with van der Waals surface area (Å²) in [6.07, 6.45) is 1.38. The Labute approximate surface area is 131 Å². The molecule has 124 valence electrons. The van der Waals surface area contributed by atoms with E-state index in [0.717, 1.165) is 19.5 Å². The monoisotopic (exact) mass is 309 g/mol. The molecule has 2 heterocycles. The van der Waals surface area contributed by atoms with Crippen LogP contribution in [0.1, 0.15) is 51.2 Å². The highest BCUT2D eigenvalue weighted by atomic mass is 16.5. The van der Waals surface area contributed by atoms with Gasteiger partial charge in [0, 0.05) is 37.5 Å². The summed E-state index contributed by atoms with van der Waals surface area (Å²) in [5.74, 6) is 1.76. The first-order valence-corrected chi connectivity index (χ1v) is 7.93. The molecule has 1 amide bonds. The molecule has 1 aliphatic heterocycles. The summed E-state index contributed by atoms with van der Waals surface area (Å²) < 4.78 is 5.23. The van der Waals surface area contributed by atoms with E-state index < -0.39 is 0 Å². The van der Waals surface area contributed by atoms with E-state index in [9.17, 15) is 4.79 Å². The molecule has 2 unspecified atom stereocenters. The molecule has 2 rings (SSSR count). The Morgan fingerprint density at radius 2 is 2.23 bits per heavy atom. The zero-order valence-electron chi connectivity index (χ0n) is 14.0. The number of likely N-dealkylation sites (N-methyl/N-ethyl adjacent to an activating group) is 1. The first-order chi connectivity index (χ1) is 10.4. The Bertz CT molecular complexity index is 500. The summed E-state index contributed by atoms with van der Waals surface area (Å²) in [6.45, 7) is 8.09. The molecule has 0 aliphatic carbocycles. The fourth-order valence-electron chi connectivity index (χ4n) is 2.65. The van der Waals surface area contributed by atoms with Crippen molar-refractivity contribution in [1.82, 2.24) is 19.9 Å². The third-order valence-corrected chi connectivity index (χ3v) is 4.00. The summed E-state index contributed by atoms with van der Waals surface area (Å²) >= 11 is 0. The van der Waals surface area contributed by atoms with Gasteiger partial charge < -0.3 is 15.2 Å². The van der Waals surface area contributed by atoms with Gasteiger partial charge >= 0.3 is 0 Å². The molecule has 0 saturated carbocycles. The number of hydrogen-bond donors (Lipinski definition) is 1. The number of carbonyl (C=O) groups excluding carboxylic acids is 1. The smallest absolute Gasteiger partial charge is 0.229 e. The second kappa shape index (κ2) is 7.19. The van der Waals surface area contributed by atoms with Gasteiger partial charge in [-0.25, -0.2) is 0 Å². The molecule has 1 aromatic rings.